The van der Waals surface area contributed by atoms with Crippen LogP contribution in [0.25, 0.3) is 0 Å². The fraction of sp³-hybridized carbons (Fsp3) is 0.522. The van der Waals surface area contributed by atoms with E-state index in [4.69, 9.17) is 4.74 Å². The Morgan fingerprint density at radius 3 is 2.48 bits per heavy atom. The van der Waals surface area contributed by atoms with Gasteiger partial charge in [0.15, 0.2) is 11.0 Å². The van der Waals surface area contributed by atoms with Gasteiger partial charge in [-0.2, -0.15) is 13.2 Å². The number of halogens is 3. The molecule has 0 aliphatic carbocycles. The van der Waals surface area contributed by atoms with Crippen LogP contribution < -0.4 is 10.2 Å². The number of rotatable bonds is 6. The fourth-order valence-corrected chi connectivity index (χ4v) is 4.47. The van der Waals surface area contributed by atoms with Crippen molar-refractivity contribution in [3.8, 4) is 5.75 Å². The Balaban J connectivity index is 2.05. The number of aliphatic hydroxyl groups is 2. The molecular formula is C23H28F3NO4. The van der Waals surface area contributed by atoms with E-state index in [-0.39, 0.29) is 22.2 Å². The number of aryl methyl sites for hydroxylation is 1. The lowest BCUT2D eigenvalue weighted by atomic mass is 9.74. The van der Waals surface area contributed by atoms with Gasteiger partial charge in [0, 0.05) is 29.3 Å². The summed E-state index contributed by atoms with van der Waals surface area (Å²) in [5, 5.41) is 20.7. The van der Waals surface area contributed by atoms with Gasteiger partial charge in [-0.25, -0.2) is 0 Å². The van der Waals surface area contributed by atoms with Crippen LogP contribution in [0.3, 0.4) is 0 Å². The van der Waals surface area contributed by atoms with E-state index in [9.17, 15) is 28.2 Å². The predicted octanol–water partition coefficient (Wildman–Crippen LogP) is 3.55. The highest BCUT2D eigenvalue weighted by atomic mass is 19.4. The highest BCUT2D eigenvalue weighted by molar-refractivity contribution is 5.47. The molecule has 2 N–H and O–H groups in total. The molecule has 1 aromatic heterocycles. The summed E-state index contributed by atoms with van der Waals surface area (Å²) in [6.07, 6.45) is -3.62. The molecule has 0 saturated heterocycles. The van der Waals surface area contributed by atoms with Crippen molar-refractivity contribution < 1.29 is 28.1 Å². The van der Waals surface area contributed by atoms with Crippen LogP contribution in [0, 0.1) is 13.8 Å². The Morgan fingerprint density at radius 1 is 1.19 bits per heavy atom. The summed E-state index contributed by atoms with van der Waals surface area (Å²) in [6.45, 7) is 5.27. The largest absolute Gasteiger partial charge is 0.493 e. The van der Waals surface area contributed by atoms with Crippen LogP contribution in [0.4, 0.5) is 13.2 Å². The lowest BCUT2D eigenvalue weighted by Crippen LogP contribution is -2.52. The third-order valence-corrected chi connectivity index (χ3v) is 6.12. The highest BCUT2D eigenvalue weighted by Gasteiger charge is 2.56. The second-order valence-electron chi connectivity index (χ2n) is 8.98. The van der Waals surface area contributed by atoms with Crippen LogP contribution in [0.5, 0.6) is 5.75 Å². The second kappa shape index (κ2) is 7.98. The Morgan fingerprint density at radius 2 is 1.87 bits per heavy atom. The Bertz CT molecular complexity index is 1040. The maximum absolute atomic E-state index is 14.2. The van der Waals surface area contributed by atoms with Gasteiger partial charge in [0.25, 0.3) is 0 Å². The van der Waals surface area contributed by atoms with Crippen LogP contribution in [0.15, 0.2) is 29.2 Å². The zero-order valence-corrected chi connectivity index (χ0v) is 18.1. The monoisotopic (exact) mass is 439 g/mol. The van der Waals surface area contributed by atoms with Gasteiger partial charge in [-0.1, -0.05) is 32.0 Å². The average molecular weight is 439 g/mol. The topological polar surface area (TPSA) is 71.7 Å². The predicted molar refractivity (Wildman–Crippen MR) is 110 cm³/mol. The van der Waals surface area contributed by atoms with E-state index in [2.05, 4.69) is 0 Å². The summed E-state index contributed by atoms with van der Waals surface area (Å²) < 4.78 is 49.4. The SMILES string of the molecule is Cc1cn(CC(O)(CC(C)(C)c2cccc3c2OCC3)C(F)(F)F)c(CO)c(C)c1=O. The van der Waals surface area contributed by atoms with Crippen LogP contribution in [-0.4, -0.2) is 33.2 Å². The highest BCUT2D eigenvalue weighted by Crippen LogP contribution is 2.46. The van der Waals surface area contributed by atoms with Crippen molar-refractivity contribution in [3.63, 3.8) is 0 Å². The molecule has 31 heavy (non-hydrogen) atoms. The number of pyridine rings is 1. The van der Waals surface area contributed by atoms with E-state index >= 15 is 0 Å². The van der Waals surface area contributed by atoms with E-state index in [0.29, 0.717) is 24.3 Å². The van der Waals surface area contributed by atoms with E-state index in [0.717, 1.165) is 10.1 Å². The number of alkyl halides is 3. The van der Waals surface area contributed by atoms with Crippen LogP contribution in [0.2, 0.25) is 0 Å². The molecule has 1 atom stereocenters. The maximum atomic E-state index is 14.2. The lowest BCUT2D eigenvalue weighted by Gasteiger charge is -2.39. The second-order valence-corrected chi connectivity index (χ2v) is 8.98. The first-order valence-corrected chi connectivity index (χ1v) is 10.2. The van der Waals surface area contributed by atoms with Crippen LogP contribution in [0.1, 0.15) is 48.2 Å². The van der Waals surface area contributed by atoms with Gasteiger partial charge in [0.2, 0.25) is 0 Å². The number of hydrogen-bond acceptors (Lipinski definition) is 4. The smallest absolute Gasteiger partial charge is 0.418 e. The van der Waals surface area contributed by atoms with Gasteiger partial charge in [0.1, 0.15) is 5.75 Å². The normalized spacial score (nSPS) is 16.0. The number of hydrogen-bond donors (Lipinski definition) is 2. The Kier molecular flexibility index (Phi) is 6.01. The van der Waals surface area contributed by atoms with Gasteiger partial charge in [-0.05, 0) is 31.2 Å². The molecule has 0 spiro atoms. The fourth-order valence-electron chi connectivity index (χ4n) is 4.47. The van der Waals surface area contributed by atoms with Crippen molar-refractivity contribution >= 4 is 0 Å². The molecule has 8 heteroatoms. The number of ether oxygens (including phenoxy) is 1. The summed E-state index contributed by atoms with van der Waals surface area (Å²) in [4.78, 5) is 12.2. The van der Waals surface area contributed by atoms with Gasteiger partial charge in [-0.3, -0.25) is 4.79 Å². The quantitative estimate of drug-likeness (QED) is 0.722. The summed E-state index contributed by atoms with van der Waals surface area (Å²) >= 11 is 0. The first-order valence-electron chi connectivity index (χ1n) is 10.2. The van der Waals surface area contributed by atoms with Crippen molar-refractivity contribution in [3.05, 3.63) is 62.6 Å². The van der Waals surface area contributed by atoms with Crippen molar-refractivity contribution in [2.24, 2.45) is 0 Å². The van der Waals surface area contributed by atoms with Gasteiger partial charge in [-0.15, -0.1) is 0 Å². The minimum Gasteiger partial charge on any atom is -0.493 e. The van der Waals surface area contributed by atoms with E-state index in [1.165, 1.54) is 20.0 Å². The molecule has 0 bridgehead atoms. The summed E-state index contributed by atoms with van der Waals surface area (Å²) in [6, 6.07) is 5.40. The van der Waals surface area contributed by atoms with Crippen LogP contribution in [-0.2, 0) is 25.0 Å². The first kappa shape index (κ1) is 23.3. The zero-order valence-electron chi connectivity index (χ0n) is 18.1. The standard InChI is InChI=1S/C23H28F3NO4/c1-14-10-27(18(11-28)15(2)19(14)29)13-22(30,23(24,25)26)12-21(3,4)17-7-5-6-16-8-9-31-20(16)17/h5-7,10,28,30H,8-9,11-13H2,1-4H3. The number of nitrogens with zero attached hydrogens (tertiary/aromatic N) is 1. The van der Waals surface area contributed by atoms with Gasteiger partial charge in [0.05, 0.1) is 25.5 Å². The lowest BCUT2D eigenvalue weighted by molar-refractivity contribution is -0.271. The molecule has 0 radical (unpaired) electrons. The third-order valence-electron chi connectivity index (χ3n) is 6.12. The van der Waals surface area contributed by atoms with Gasteiger partial charge >= 0.3 is 6.18 Å². The first-order chi connectivity index (χ1) is 14.3. The third kappa shape index (κ3) is 4.23. The van der Waals surface area contributed by atoms with E-state index < -0.39 is 36.8 Å². The van der Waals surface area contributed by atoms with E-state index in [1.54, 1.807) is 26.0 Å². The minimum absolute atomic E-state index is 0.0556. The zero-order chi connectivity index (χ0) is 23.2. The number of aromatic nitrogens is 1. The Labute approximate surface area is 179 Å². The molecule has 1 unspecified atom stereocenters. The molecule has 1 aliphatic heterocycles. The maximum Gasteiger partial charge on any atom is 0.418 e. The molecule has 1 aliphatic rings. The molecule has 1 aromatic carbocycles. The number of fused-ring (bicyclic) bond motifs is 1. The molecule has 0 fully saturated rings. The molecule has 2 aromatic rings. The van der Waals surface area contributed by atoms with Gasteiger partial charge < -0.3 is 19.5 Å². The molecular weight excluding hydrogens is 411 g/mol. The van der Waals surface area contributed by atoms with Crippen LogP contribution >= 0.6 is 0 Å². The van der Waals surface area contributed by atoms with Crippen molar-refractivity contribution in [1.29, 1.82) is 0 Å². The van der Waals surface area contributed by atoms with Crippen molar-refractivity contribution in [2.75, 3.05) is 6.61 Å². The number of aliphatic hydroxyl groups excluding tert-OH is 1. The summed E-state index contributed by atoms with van der Waals surface area (Å²) in [5.74, 6) is 0.586. The Hall–Kier alpha value is -2.32. The minimum atomic E-state index is -4.94. The molecule has 0 saturated carbocycles. The molecule has 2 heterocycles. The molecule has 3 rings (SSSR count). The summed E-state index contributed by atoms with van der Waals surface area (Å²) in [5.41, 5.74) is -2.49. The van der Waals surface area contributed by atoms with Crippen molar-refractivity contribution in [1.82, 2.24) is 4.57 Å². The van der Waals surface area contributed by atoms with Crippen molar-refractivity contribution in [2.45, 2.75) is 70.9 Å². The van der Waals surface area contributed by atoms with E-state index in [1.807, 2.05) is 6.07 Å². The average Bonchev–Trinajstić information content (AvgIpc) is 3.13. The number of para-hydroxylation sites is 1. The molecule has 5 nitrogen and oxygen atoms in total. The number of benzene rings is 1. The summed E-state index contributed by atoms with van der Waals surface area (Å²) in [7, 11) is 0. The molecule has 0 amide bonds. The molecule has 170 valence electrons.